The van der Waals surface area contributed by atoms with E-state index in [-0.39, 0.29) is 11.7 Å². The van der Waals surface area contributed by atoms with Crippen molar-refractivity contribution in [3.63, 3.8) is 0 Å². The summed E-state index contributed by atoms with van der Waals surface area (Å²) in [5.41, 5.74) is 2.79. The SMILES string of the molecule is Cc1ccc2c(c1)CCC(C(=O)Nc1cc(N3CCNC3=O)ccc1F)O2. The number of aryl methyl sites for hydroxylation is 2. The molecule has 2 heterocycles. The van der Waals surface area contributed by atoms with E-state index in [9.17, 15) is 14.0 Å². The molecule has 0 bridgehead atoms. The topological polar surface area (TPSA) is 70.7 Å². The van der Waals surface area contributed by atoms with Crippen molar-refractivity contribution < 1.29 is 18.7 Å². The lowest BCUT2D eigenvalue weighted by Crippen LogP contribution is -2.36. The molecule has 2 aliphatic heterocycles. The molecule has 2 aromatic rings. The summed E-state index contributed by atoms with van der Waals surface area (Å²) in [6.45, 7) is 3.04. The van der Waals surface area contributed by atoms with Crippen molar-refractivity contribution in [2.45, 2.75) is 25.9 Å². The Bertz CT molecular complexity index is 915. The summed E-state index contributed by atoms with van der Waals surface area (Å²) >= 11 is 0. The van der Waals surface area contributed by atoms with Gasteiger partial charge in [-0.2, -0.15) is 0 Å². The molecule has 27 heavy (non-hydrogen) atoms. The highest BCUT2D eigenvalue weighted by Gasteiger charge is 2.27. The van der Waals surface area contributed by atoms with Crippen LogP contribution >= 0.6 is 0 Å². The second-order valence-corrected chi connectivity index (χ2v) is 6.79. The molecule has 4 rings (SSSR count). The normalized spacial score (nSPS) is 18.5. The molecule has 1 atom stereocenters. The van der Waals surface area contributed by atoms with Gasteiger partial charge in [0.25, 0.3) is 5.91 Å². The van der Waals surface area contributed by atoms with Gasteiger partial charge in [-0.1, -0.05) is 17.7 Å². The lowest BCUT2D eigenvalue weighted by atomic mass is 10.00. The first kappa shape index (κ1) is 17.3. The third-order valence-electron chi connectivity index (χ3n) is 4.83. The summed E-state index contributed by atoms with van der Waals surface area (Å²) in [5, 5.41) is 5.30. The Balaban J connectivity index is 1.50. The number of urea groups is 1. The van der Waals surface area contributed by atoms with Crippen molar-refractivity contribution in [1.29, 1.82) is 0 Å². The highest BCUT2D eigenvalue weighted by molar-refractivity contribution is 5.97. The fourth-order valence-corrected chi connectivity index (χ4v) is 3.41. The van der Waals surface area contributed by atoms with Crippen molar-refractivity contribution >= 4 is 23.3 Å². The van der Waals surface area contributed by atoms with E-state index in [1.54, 1.807) is 0 Å². The van der Waals surface area contributed by atoms with Crippen LogP contribution in [-0.2, 0) is 11.2 Å². The molecule has 0 spiro atoms. The number of nitrogens with zero attached hydrogens (tertiary/aromatic N) is 1. The van der Waals surface area contributed by atoms with E-state index in [2.05, 4.69) is 10.6 Å². The number of rotatable bonds is 3. The summed E-state index contributed by atoms with van der Waals surface area (Å²) in [4.78, 5) is 25.9. The maximum atomic E-state index is 14.2. The van der Waals surface area contributed by atoms with Gasteiger partial charge < -0.3 is 15.4 Å². The van der Waals surface area contributed by atoms with Gasteiger partial charge in [0.15, 0.2) is 6.10 Å². The number of amides is 3. The lowest BCUT2D eigenvalue weighted by Gasteiger charge is -2.26. The molecule has 0 radical (unpaired) electrons. The van der Waals surface area contributed by atoms with Crippen molar-refractivity contribution in [1.82, 2.24) is 5.32 Å². The van der Waals surface area contributed by atoms with E-state index in [0.29, 0.717) is 30.9 Å². The molecule has 1 unspecified atom stereocenters. The number of fused-ring (bicyclic) bond motifs is 1. The number of benzene rings is 2. The van der Waals surface area contributed by atoms with Crippen LogP contribution in [0, 0.1) is 12.7 Å². The van der Waals surface area contributed by atoms with Crippen LogP contribution in [-0.4, -0.2) is 31.1 Å². The monoisotopic (exact) mass is 369 g/mol. The Hall–Kier alpha value is -3.09. The molecule has 0 saturated carbocycles. The molecule has 3 amide bonds. The molecule has 2 N–H and O–H groups in total. The Morgan fingerprint density at radius 3 is 2.93 bits per heavy atom. The molecule has 1 fully saturated rings. The van der Waals surface area contributed by atoms with Gasteiger partial charge >= 0.3 is 6.03 Å². The number of hydrogen-bond donors (Lipinski definition) is 2. The number of nitrogens with one attached hydrogen (secondary N) is 2. The number of carbonyl (C=O) groups excluding carboxylic acids is 2. The van der Waals surface area contributed by atoms with Gasteiger partial charge in [0.2, 0.25) is 0 Å². The number of hydrogen-bond acceptors (Lipinski definition) is 3. The average molecular weight is 369 g/mol. The Labute approximate surface area is 156 Å². The number of carbonyl (C=O) groups is 2. The fraction of sp³-hybridized carbons (Fsp3) is 0.300. The van der Waals surface area contributed by atoms with Crippen molar-refractivity contribution in [2.75, 3.05) is 23.3 Å². The van der Waals surface area contributed by atoms with Crippen LogP contribution in [0.3, 0.4) is 0 Å². The maximum absolute atomic E-state index is 14.2. The Morgan fingerprint density at radius 2 is 2.15 bits per heavy atom. The van der Waals surface area contributed by atoms with Gasteiger partial charge in [-0.05, 0) is 49.6 Å². The van der Waals surface area contributed by atoms with E-state index in [4.69, 9.17) is 4.74 Å². The van der Waals surface area contributed by atoms with Crippen molar-refractivity contribution in [3.05, 3.63) is 53.3 Å². The predicted molar refractivity (Wildman–Crippen MR) is 99.7 cm³/mol. The molecule has 0 aromatic heterocycles. The first-order valence-electron chi connectivity index (χ1n) is 8.93. The molecule has 7 heteroatoms. The maximum Gasteiger partial charge on any atom is 0.321 e. The molecular weight excluding hydrogens is 349 g/mol. The number of ether oxygens (including phenoxy) is 1. The zero-order valence-electron chi connectivity index (χ0n) is 14.9. The zero-order valence-corrected chi connectivity index (χ0v) is 14.9. The highest BCUT2D eigenvalue weighted by Crippen LogP contribution is 2.30. The van der Waals surface area contributed by atoms with Gasteiger partial charge in [0, 0.05) is 18.8 Å². The Morgan fingerprint density at radius 1 is 1.30 bits per heavy atom. The van der Waals surface area contributed by atoms with Crippen molar-refractivity contribution in [2.24, 2.45) is 0 Å². The van der Waals surface area contributed by atoms with E-state index in [1.165, 1.54) is 23.1 Å². The molecule has 2 aromatic carbocycles. The smallest absolute Gasteiger partial charge is 0.321 e. The quantitative estimate of drug-likeness (QED) is 0.874. The molecular formula is C20H20FN3O3. The van der Waals surface area contributed by atoms with Crippen LogP contribution in [0.2, 0.25) is 0 Å². The minimum absolute atomic E-state index is 0.0375. The van der Waals surface area contributed by atoms with Gasteiger partial charge in [-0.3, -0.25) is 9.69 Å². The van der Waals surface area contributed by atoms with Crippen LogP contribution in [0.15, 0.2) is 36.4 Å². The second-order valence-electron chi connectivity index (χ2n) is 6.79. The van der Waals surface area contributed by atoms with Crippen molar-refractivity contribution in [3.8, 4) is 5.75 Å². The lowest BCUT2D eigenvalue weighted by molar-refractivity contribution is -0.123. The first-order chi connectivity index (χ1) is 13.0. The average Bonchev–Trinajstić information content (AvgIpc) is 3.09. The van der Waals surface area contributed by atoms with Gasteiger partial charge in [0.05, 0.1) is 5.69 Å². The van der Waals surface area contributed by atoms with Crippen LogP contribution in [0.1, 0.15) is 17.5 Å². The van der Waals surface area contributed by atoms with E-state index >= 15 is 0 Å². The van der Waals surface area contributed by atoms with E-state index in [1.807, 2.05) is 25.1 Å². The van der Waals surface area contributed by atoms with Gasteiger partial charge in [-0.25, -0.2) is 9.18 Å². The summed E-state index contributed by atoms with van der Waals surface area (Å²) in [5.74, 6) is -0.267. The molecule has 0 aliphatic carbocycles. The summed E-state index contributed by atoms with van der Waals surface area (Å²) in [6.07, 6.45) is 0.572. The zero-order chi connectivity index (χ0) is 19.0. The first-order valence-corrected chi connectivity index (χ1v) is 8.93. The fourth-order valence-electron chi connectivity index (χ4n) is 3.41. The van der Waals surface area contributed by atoms with Gasteiger partial charge in [0.1, 0.15) is 11.6 Å². The summed E-state index contributed by atoms with van der Waals surface area (Å²) < 4.78 is 20.0. The molecule has 1 saturated heterocycles. The molecule has 2 aliphatic rings. The van der Waals surface area contributed by atoms with Crippen LogP contribution in [0.5, 0.6) is 5.75 Å². The van der Waals surface area contributed by atoms with Gasteiger partial charge in [-0.15, -0.1) is 0 Å². The molecule has 6 nitrogen and oxygen atoms in total. The standard InChI is InChI=1S/C20H20FN3O3/c1-12-2-6-17-13(10-12)3-7-18(27-17)19(25)23-16-11-14(4-5-15(16)21)24-9-8-22-20(24)26/h2,4-6,10-11,18H,3,7-9H2,1H3,(H,22,26)(H,23,25). The minimum Gasteiger partial charge on any atom is -0.480 e. The van der Waals surface area contributed by atoms with E-state index < -0.39 is 17.8 Å². The second kappa shape index (κ2) is 6.90. The van der Waals surface area contributed by atoms with Crippen LogP contribution in [0.25, 0.3) is 0 Å². The Kier molecular flexibility index (Phi) is 4.43. The summed E-state index contributed by atoms with van der Waals surface area (Å²) in [7, 11) is 0. The van der Waals surface area contributed by atoms with Crippen LogP contribution in [0.4, 0.5) is 20.6 Å². The minimum atomic E-state index is -0.682. The molecule has 140 valence electrons. The number of anilines is 2. The van der Waals surface area contributed by atoms with Crippen LogP contribution < -0.4 is 20.3 Å². The van der Waals surface area contributed by atoms with E-state index in [0.717, 1.165) is 17.5 Å². The highest BCUT2D eigenvalue weighted by atomic mass is 19.1. The third kappa shape index (κ3) is 3.45. The third-order valence-corrected chi connectivity index (χ3v) is 4.83. The number of halogens is 1. The predicted octanol–water partition coefficient (Wildman–Crippen LogP) is 3.00. The summed E-state index contributed by atoms with van der Waals surface area (Å²) in [6, 6.07) is 9.84. The largest absolute Gasteiger partial charge is 0.480 e.